The number of aryl methyl sites for hydroxylation is 1. The van der Waals surface area contributed by atoms with Gasteiger partial charge in [-0.25, -0.2) is 0 Å². The lowest BCUT2D eigenvalue weighted by Crippen LogP contribution is -2.57. The number of hydrogen-bond acceptors (Lipinski definition) is 5. The van der Waals surface area contributed by atoms with E-state index in [4.69, 9.17) is 9.47 Å². The number of rotatable bonds is 4. The normalized spacial score (nSPS) is 30.2. The number of amides is 1. The highest BCUT2D eigenvalue weighted by molar-refractivity contribution is 5.95. The molecule has 2 saturated heterocycles. The summed E-state index contributed by atoms with van der Waals surface area (Å²) in [5.41, 5.74) is 1.59. The van der Waals surface area contributed by atoms with E-state index in [0.717, 1.165) is 42.8 Å². The molecule has 0 radical (unpaired) electrons. The monoisotopic (exact) mass is 464 g/mol. The van der Waals surface area contributed by atoms with Crippen molar-refractivity contribution in [1.82, 2.24) is 9.88 Å². The lowest BCUT2D eigenvalue weighted by molar-refractivity contribution is -0.181. The van der Waals surface area contributed by atoms with Gasteiger partial charge in [-0.15, -0.1) is 0 Å². The van der Waals surface area contributed by atoms with Crippen molar-refractivity contribution >= 4 is 11.9 Å². The molecule has 0 aliphatic carbocycles. The third kappa shape index (κ3) is 4.06. The average Bonchev–Trinajstić information content (AvgIpc) is 2.83. The standard InChI is InChI=1S/C27H32N2O5/c1-18-19(8-5-13-28-18)25(32)29-14-6-11-27(16-29)15-21-24(33-17-27)20-7-3-4-9-22(20)34-26(21,2)12-10-23(30)31/h3-5,7-9,13,21,24H,6,10-12,14-17H2,1-2H3,(H,30,31)/t21-,24+,26-,27-/m1/s1. The first-order valence-electron chi connectivity index (χ1n) is 12.1. The molecule has 1 spiro atoms. The van der Waals surface area contributed by atoms with Crippen molar-refractivity contribution in [2.45, 2.75) is 57.7 Å². The fourth-order valence-corrected chi connectivity index (χ4v) is 6.13. The first-order chi connectivity index (χ1) is 16.3. The molecule has 1 aromatic heterocycles. The number of benzene rings is 1. The predicted octanol–water partition coefficient (Wildman–Crippen LogP) is 4.41. The summed E-state index contributed by atoms with van der Waals surface area (Å²) in [6.07, 6.45) is 4.74. The maximum absolute atomic E-state index is 13.4. The van der Waals surface area contributed by atoms with Crippen LogP contribution in [-0.2, 0) is 9.53 Å². The lowest BCUT2D eigenvalue weighted by atomic mass is 9.64. The largest absolute Gasteiger partial charge is 0.487 e. The van der Waals surface area contributed by atoms with Gasteiger partial charge in [0.15, 0.2) is 0 Å². The molecule has 1 N–H and O–H groups in total. The number of carboxylic acid groups (broad SMARTS) is 1. The van der Waals surface area contributed by atoms with Crippen molar-refractivity contribution < 1.29 is 24.2 Å². The second-order valence-corrected chi connectivity index (χ2v) is 10.4. The van der Waals surface area contributed by atoms with Crippen molar-refractivity contribution in [3.8, 4) is 5.75 Å². The van der Waals surface area contributed by atoms with Crippen LogP contribution in [0.3, 0.4) is 0 Å². The van der Waals surface area contributed by atoms with Crippen LogP contribution in [-0.4, -0.2) is 52.2 Å². The summed E-state index contributed by atoms with van der Waals surface area (Å²) >= 11 is 0. The number of hydrogen-bond donors (Lipinski definition) is 1. The number of para-hydroxylation sites is 1. The van der Waals surface area contributed by atoms with Crippen molar-refractivity contribution in [2.24, 2.45) is 11.3 Å². The molecule has 7 heteroatoms. The van der Waals surface area contributed by atoms with Crippen LogP contribution in [0.15, 0.2) is 42.6 Å². The van der Waals surface area contributed by atoms with Crippen molar-refractivity contribution in [2.75, 3.05) is 19.7 Å². The van der Waals surface area contributed by atoms with E-state index in [2.05, 4.69) is 4.98 Å². The van der Waals surface area contributed by atoms with Gasteiger partial charge in [-0.05, 0) is 57.7 Å². The molecule has 3 aliphatic heterocycles. The first kappa shape index (κ1) is 22.8. The second-order valence-electron chi connectivity index (χ2n) is 10.4. The zero-order valence-electron chi connectivity index (χ0n) is 19.8. The number of pyridine rings is 1. The average molecular weight is 465 g/mol. The zero-order chi connectivity index (χ0) is 23.9. The molecule has 3 aliphatic rings. The minimum Gasteiger partial charge on any atom is -0.487 e. The molecule has 34 heavy (non-hydrogen) atoms. The summed E-state index contributed by atoms with van der Waals surface area (Å²) in [6, 6.07) is 11.6. The fourth-order valence-electron chi connectivity index (χ4n) is 6.13. The molecule has 0 saturated carbocycles. The van der Waals surface area contributed by atoms with Crippen LogP contribution < -0.4 is 4.74 Å². The number of ether oxygens (including phenoxy) is 2. The van der Waals surface area contributed by atoms with Crippen LogP contribution in [0.25, 0.3) is 0 Å². The summed E-state index contributed by atoms with van der Waals surface area (Å²) in [6.45, 7) is 5.81. The van der Waals surface area contributed by atoms with Crippen molar-refractivity contribution in [3.05, 3.63) is 59.4 Å². The van der Waals surface area contributed by atoms with Crippen molar-refractivity contribution in [1.29, 1.82) is 0 Å². The third-order valence-electron chi connectivity index (χ3n) is 7.96. The molecule has 2 fully saturated rings. The molecule has 2 aromatic rings. The summed E-state index contributed by atoms with van der Waals surface area (Å²) in [7, 11) is 0. The third-order valence-corrected chi connectivity index (χ3v) is 7.96. The summed E-state index contributed by atoms with van der Waals surface area (Å²) in [5, 5.41) is 9.38. The Labute approximate surface area is 200 Å². The number of carboxylic acids is 1. The SMILES string of the molecule is Cc1ncccc1C(=O)N1CCC[C@]2(CO[C@H]3c4ccccc4O[C@](C)(CCC(=O)O)[C@@H]3C2)C1. The Morgan fingerprint density at radius 3 is 2.85 bits per heavy atom. The number of nitrogens with zero attached hydrogens (tertiary/aromatic N) is 2. The van der Waals surface area contributed by atoms with Crippen LogP contribution in [0.5, 0.6) is 5.75 Å². The number of aromatic nitrogens is 1. The number of carbonyl (C=O) groups is 2. The summed E-state index contributed by atoms with van der Waals surface area (Å²) in [5.74, 6) is -0.0237. The highest BCUT2D eigenvalue weighted by Gasteiger charge is 2.55. The van der Waals surface area contributed by atoms with Crippen LogP contribution in [0.2, 0.25) is 0 Å². The molecule has 1 aromatic carbocycles. The lowest BCUT2D eigenvalue weighted by Gasteiger charge is -2.55. The number of carbonyl (C=O) groups excluding carboxylic acids is 1. The maximum Gasteiger partial charge on any atom is 0.303 e. The molecule has 7 nitrogen and oxygen atoms in total. The first-order valence-corrected chi connectivity index (χ1v) is 12.1. The van der Waals surface area contributed by atoms with Crippen LogP contribution in [0, 0.1) is 18.3 Å². The summed E-state index contributed by atoms with van der Waals surface area (Å²) < 4.78 is 13.1. The van der Waals surface area contributed by atoms with E-state index in [9.17, 15) is 14.7 Å². The summed E-state index contributed by atoms with van der Waals surface area (Å²) in [4.78, 5) is 31.0. The topological polar surface area (TPSA) is 89.0 Å². The number of fused-ring (bicyclic) bond motifs is 3. The van der Waals surface area contributed by atoms with E-state index in [1.54, 1.807) is 12.3 Å². The second kappa shape index (κ2) is 8.69. The van der Waals surface area contributed by atoms with Gasteiger partial charge in [0.25, 0.3) is 5.91 Å². The Balaban J connectivity index is 1.42. The van der Waals surface area contributed by atoms with Crippen LogP contribution in [0.1, 0.15) is 66.7 Å². The molecular weight excluding hydrogens is 432 g/mol. The number of piperidine rings is 1. The van der Waals surface area contributed by atoms with E-state index < -0.39 is 11.6 Å². The predicted molar refractivity (Wildman–Crippen MR) is 126 cm³/mol. The van der Waals surface area contributed by atoms with Gasteiger partial charge >= 0.3 is 5.97 Å². The van der Waals surface area contributed by atoms with Gasteiger partial charge in [-0.3, -0.25) is 14.6 Å². The van der Waals surface area contributed by atoms with Gasteiger partial charge < -0.3 is 19.5 Å². The van der Waals surface area contributed by atoms with Crippen LogP contribution >= 0.6 is 0 Å². The van der Waals surface area contributed by atoms with E-state index in [1.165, 1.54) is 0 Å². The van der Waals surface area contributed by atoms with Gasteiger partial charge in [0, 0.05) is 48.3 Å². The fraction of sp³-hybridized carbons (Fsp3) is 0.519. The van der Waals surface area contributed by atoms with Gasteiger partial charge in [-0.1, -0.05) is 18.2 Å². The zero-order valence-corrected chi connectivity index (χ0v) is 19.8. The van der Waals surface area contributed by atoms with E-state index in [1.807, 2.05) is 49.1 Å². The quantitative estimate of drug-likeness (QED) is 0.721. The van der Waals surface area contributed by atoms with E-state index in [0.29, 0.717) is 25.1 Å². The van der Waals surface area contributed by atoms with Crippen LogP contribution in [0.4, 0.5) is 0 Å². The highest BCUT2D eigenvalue weighted by Crippen LogP contribution is 2.56. The van der Waals surface area contributed by atoms with E-state index >= 15 is 0 Å². The minimum atomic E-state index is -0.826. The van der Waals surface area contributed by atoms with Gasteiger partial charge in [0.05, 0.1) is 18.3 Å². The van der Waals surface area contributed by atoms with Gasteiger partial charge in [0.1, 0.15) is 11.4 Å². The smallest absolute Gasteiger partial charge is 0.303 e. The molecule has 4 heterocycles. The maximum atomic E-state index is 13.4. The number of likely N-dealkylation sites (tertiary alicyclic amines) is 1. The Hall–Kier alpha value is -2.93. The van der Waals surface area contributed by atoms with Crippen molar-refractivity contribution in [3.63, 3.8) is 0 Å². The molecule has 5 rings (SSSR count). The molecular formula is C27H32N2O5. The molecule has 180 valence electrons. The minimum absolute atomic E-state index is 0.00526. The highest BCUT2D eigenvalue weighted by atomic mass is 16.5. The Morgan fingerprint density at radius 1 is 1.24 bits per heavy atom. The molecule has 4 atom stereocenters. The Bertz CT molecular complexity index is 1100. The molecule has 1 amide bonds. The van der Waals surface area contributed by atoms with E-state index in [-0.39, 0.29) is 29.8 Å². The number of aliphatic carboxylic acids is 1. The van der Waals surface area contributed by atoms with Gasteiger partial charge in [-0.2, -0.15) is 0 Å². The molecule has 0 unspecified atom stereocenters. The Morgan fingerprint density at radius 2 is 2.06 bits per heavy atom. The Kier molecular flexibility index (Phi) is 5.84. The van der Waals surface area contributed by atoms with Gasteiger partial charge in [0.2, 0.25) is 0 Å². The molecule has 0 bridgehead atoms.